The number of nitrogens with zero attached hydrogens (tertiary/aromatic N) is 3. The molecule has 0 radical (unpaired) electrons. The molecular formula is C13H19N3. The average Bonchev–Trinajstić information content (AvgIpc) is 2.34. The molecule has 86 valence electrons. The van der Waals surface area contributed by atoms with E-state index < -0.39 is 0 Å². The predicted octanol–water partition coefficient (Wildman–Crippen LogP) is 3.20. The van der Waals surface area contributed by atoms with E-state index in [9.17, 15) is 0 Å². The van der Waals surface area contributed by atoms with Crippen molar-refractivity contribution >= 4 is 0 Å². The summed E-state index contributed by atoms with van der Waals surface area (Å²) in [5.41, 5.74) is 2.27. The van der Waals surface area contributed by atoms with Crippen molar-refractivity contribution in [3.8, 4) is 0 Å². The standard InChI is InChI=1S/C6H7N.C5H6N2.C2H6/c1-6-2-4-7-5-3-6;1-5-2-3-6-4-7-5;1-2/h2-5H,1H3;2-4H,1H3;1-2H3. The van der Waals surface area contributed by atoms with Gasteiger partial charge >= 0.3 is 0 Å². The first kappa shape index (κ1) is 14.2. The molecule has 2 rings (SSSR count). The first-order chi connectivity index (χ1) is 7.79. The highest BCUT2D eigenvalue weighted by molar-refractivity contribution is 5.05. The lowest BCUT2D eigenvalue weighted by Gasteiger charge is -1.82. The Balaban J connectivity index is 0.000000244. The van der Waals surface area contributed by atoms with E-state index in [1.54, 1.807) is 18.6 Å². The number of aryl methyl sites for hydroxylation is 2. The van der Waals surface area contributed by atoms with Crippen molar-refractivity contribution < 1.29 is 0 Å². The number of aromatic nitrogens is 3. The minimum atomic E-state index is 1.01. The Labute approximate surface area is 97.6 Å². The lowest BCUT2D eigenvalue weighted by Crippen LogP contribution is -1.77. The highest BCUT2D eigenvalue weighted by Crippen LogP contribution is 1.88. The van der Waals surface area contributed by atoms with Gasteiger partial charge in [-0.1, -0.05) is 13.8 Å². The fraction of sp³-hybridized carbons (Fsp3) is 0.308. The summed E-state index contributed by atoms with van der Waals surface area (Å²) < 4.78 is 0. The van der Waals surface area contributed by atoms with Crippen molar-refractivity contribution in [2.24, 2.45) is 0 Å². The minimum absolute atomic E-state index is 1.01. The smallest absolute Gasteiger partial charge is 0.115 e. The highest BCUT2D eigenvalue weighted by Gasteiger charge is 1.74. The van der Waals surface area contributed by atoms with Crippen LogP contribution in [0.25, 0.3) is 0 Å². The molecule has 16 heavy (non-hydrogen) atoms. The summed E-state index contributed by atoms with van der Waals surface area (Å²) in [6, 6.07) is 5.81. The van der Waals surface area contributed by atoms with E-state index in [-0.39, 0.29) is 0 Å². The molecule has 0 saturated heterocycles. The van der Waals surface area contributed by atoms with Crippen molar-refractivity contribution in [1.82, 2.24) is 15.0 Å². The quantitative estimate of drug-likeness (QED) is 0.680. The average molecular weight is 217 g/mol. The van der Waals surface area contributed by atoms with Crippen molar-refractivity contribution in [2.75, 3.05) is 0 Å². The maximum absolute atomic E-state index is 3.87. The molecule has 2 aromatic heterocycles. The summed E-state index contributed by atoms with van der Waals surface area (Å²) in [5, 5.41) is 0. The first-order valence-corrected chi connectivity index (χ1v) is 5.38. The van der Waals surface area contributed by atoms with Crippen LogP contribution in [0.5, 0.6) is 0 Å². The van der Waals surface area contributed by atoms with Gasteiger partial charge in [-0.25, -0.2) is 9.97 Å². The Bertz CT molecular complexity index is 309. The van der Waals surface area contributed by atoms with Gasteiger partial charge in [-0.15, -0.1) is 0 Å². The number of rotatable bonds is 0. The van der Waals surface area contributed by atoms with Gasteiger partial charge in [0, 0.05) is 24.3 Å². The molecule has 0 aromatic carbocycles. The first-order valence-electron chi connectivity index (χ1n) is 5.38. The zero-order valence-corrected chi connectivity index (χ0v) is 10.4. The molecule has 0 atom stereocenters. The topological polar surface area (TPSA) is 38.7 Å². The van der Waals surface area contributed by atoms with Crippen molar-refractivity contribution in [2.45, 2.75) is 27.7 Å². The molecule has 2 aromatic rings. The number of hydrogen-bond acceptors (Lipinski definition) is 3. The molecule has 0 bridgehead atoms. The van der Waals surface area contributed by atoms with Gasteiger partial charge in [-0.05, 0) is 37.6 Å². The van der Waals surface area contributed by atoms with Gasteiger partial charge in [0.25, 0.3) is 0 Å². The Kier molecular flexibility index (Phi) is 8.69. The Morgan fingerprint density at radius 1 is 0.812 bits per heavy atom. The maximum atomic E-state index is 3.87. The van der Waals surface area contributed by atoms with E-state index in [0.29, 0.717) is 0 Å². The zero-order valence-electron chi connectivity index (χ0n) is 10.4. The largest absolute Gasteiger partial charge is 0.265 e. The molecule has 0 aliphatic carbocycles. The van der Waals surface area contributed by atoms with Crippen LogP contribution < -0.4 is 0 Å². The summed E-state index contributed by atoms with van der Waals surface area (Å²) in [5.74, 6) is 0. The second-order valence-electron chi connectivity index (χ2n) is 2.88. The van der Waals surface area contributed by atoms with Crippen LogP contribution in [0.4, 0.5) is 0 Å². The Morgan fingerprint density at radius 2 is 1.38 bits per heavy atom. The van der Waals surface area contributed by atoms with Crippen molar-refractivity contribution in [1.29, 1.82) is 0 Å². The molecule has 0 aliphatic rings. The SMILES string of the molecule is CC.Cc1ccncc1.Cc1ccncn1. The Hall–Kier alpha value is -1.77. The third kappa shape index (κ3) is 7.62. The van der Waals surface area contributed by atoms with Crippen molar-refractivity contribution in [3.05, 3.63) is 54.4 Å². The molecule has 0 unspecified atom stereocenters. The Morgan fingerprint density at radius 3 is 1.62 bits per heavy atom. The third-order valence-electron chi connectivity index (χ3n) is 1.58. The van der Waals surface area contributed by atoms with Crippen LogP contribution in [0.1, 0.15) is 25.1 Å². The molecule has 0 spiro atoms. The fourth-order valence-electron chi connectivity index (χ4n) is 0.783. The van der Waals surface area contributed by atoms with Crippen LogP contribution in [0.15, 0.2) is 43.1 Å². The number of pyridine rings is 1. The molecule has 0 amide bonds. The predicted molar refractivity (Wildman–Crippen MR) is 67.1 cm³/mol. The third-order valence-corrected chi connectivity index (χ3v) is 1.58. The molecule has 3 nitrogen and oxygen atoms in total. The molecular weight excluding hydrogens is 198 g/mol. The molecule has 0 aliphatic heterocycles. The summed E-state index contributed by atoms with van der Waals surface area (Å²) in [4.78, 5) is 11.4. The summed E-state index contributed by atoms with van der Waals surface area (Å²) >= 11 is 0. The van der Waals surface area contributed by atoms with E-state index >= 15 is 0 Å². The maximum Gasteiger partial charge on any atom is 0.115 e. The van der Waals surface area contributed by atoms with Crippen LogP contribution in [-0.4, -0.2) is 15.0 Å². The van der Waals surface area contributed by atoms with Gasteiger partial charge in [0.2, 0.25) is 0 Å². The molecule has 0 saturated carbocycles. The molecule has 0 N–H and O–H groups in total. The number of hydrogen-bond donors (Lipinski definition) is 0. The van der Waals surface area contributed by atoms with Crippen LogP contribution >= 0.6 is 0 Å². The summed E-state index contributed by atoms with van der Waals surface area (Å²) in [7, 11) is 0. The molecule has 3 heteroatoms. The summed E-state index contributed by atoms with van der Waals surface area (Å²) in [6.45, 7) is 7.98. The molecule has 0 fully saturated rings. The van der Waals surface area contributed by atoms with Gasteiger partial charge in [-0.3, -0.25) is 4.98 Å². The second kappa shape index (κ2) is 9.77. The second-order valence-corrected chi connectivity index (χ2v) is 2.88. The van der Waals surface area contributed by atoms with E-state index in [1.165, 1.54) is 11.9 Å². The van der Waals surface area contributed by atoms with Crippen LogP contribution in [0.2, 0.25) is 0 Å². The molecule has 2 heterocycles. The van der Waals surface area contributed by atoms with Gasteiger partial charge in [-0.2, -0.15) is 0 Å². The lowest BCUT2D eigenvalue weighted by atomic mass is 10.3. The van der Waals surface area contributed by atoms with E-state index in [0.717, 1.165) is 5.69 Å². The normalized spacial score (nSPS) is 8.00. The van der Waals surface area contributed by atoms with Crippen LogP contribution in [0, 0.1) is 13.8 Å². The van der Waals surface area contributed by atoms with E-state index in [2.05, 4.69) is 15.0 Å². The van der Waals surface area contributed by atoms with Crippen LogP contribution in [0.3, 0.4) is 0 Å². The monoisotopic (exact) mass is 217 g/mol. The minimum Gasteiger partial charge on any atom is -0.265 e. The van der Waals surface area contributed by atoms with E-state index in [1.807, 2.05) is 45.9 Å². The van der Waals surface area contributed by atoms with Gasteiger partial charge < -0.3 is 0 Å². The van der Waals surface area contributed by atoms with E-state index in [4.69, 9.17) is 0 Å². The van der Waals surface area contributed by atoms with Gasteiger partial charge in [0.05, 0.1) is 0 Å². The highest BCUT2D eigenvalue weighted by atomic mass is 14.8. The van der Waals surface area contributed by atoms with Gasteiger partial charge in [0.1, 0.15) is 6.33 Å². The fourth-order valence-corrected chi connectivity index (χ4v) is 0.783. The summed E-state index contributed by atoms with van der Waals surface area (Å²) in [6.07, 6.45) is 6.84. The lowest BCUT2D eigenvalue weighted by molar-refractivity contribution is 1.10. The zero-order chi connectivity index (χ0) is 12.2. The van der Waals surface area contributed by atoms with Crippen molar-refractivity contribution in [3.63, 3.8) is 0 Å². The van der Waals surface area contributed by atoms with Crippen LogP contribution in [-0.2, 0) is 0 Å². The van der Waals surface area contributed by atoms with Gasteiger partial charge in [0.15, 0.2) is 0 Å².